The number of methoxy groups -OCH3 is 1. The molecular weight excluding hydrogens is 316 g/mol. The molecule has 3 aromatic rings. The van der Waals surface area contributed by atoms with E-state index in [4.69, 9.17) is 4.74 Å². The van der Waals surface area contributed by atoms with Gasteiger partial charge in [-0.05, 0) is 32.2 Å². The van der Waals surface area contributed by atoms with Crippen molar-refractivity contribution in [3.05, 3.63) is 53.7 Å². The van der Waals surface area contributed by atoms with Crippen LogP contribution in [0.2, 0.25) is 0 Å². The maximum absolute atomic E-state index is 13.0. The number of likely N-dealkylation sites (N-methyl/N-ethyl adjacent to an activating group) is 1. The molecule has 2 heterocycles. The Labute approximate surface area is 146 Å². The van der Waals surface area contributed by atoms with Crippen LogP contribution in [0.1, 0.15) is 27.6 Å². The van der Waals surface area contributed by atoms with Gasteiger partial charge in [0.1, 0.15) is 0 Å². The molecule has 3 rings (SSSR count). The maximum atomic E-state index is 13.0. The minimum atomic E-state index is 0.00635. The second kappa shape index (κ2) is 7.17. The SMILES string of the molecule is COCCN(C)CC(=O)c1c2ccccc2n2cc(C(C)=O)ccc12. The molecule has 5 nitrogen and oxygen atoms in total. The lowest BCUT2D eigenvalue weighted by molar-refractivity contribution is 0.0925. The first-order valence-corrected chi connectivity index (χ1v) is 8.27. The van der Waals surface area contributed by atoms with Crippen molar-refractivity contribution in [3.8, 4) is 0 Å². The van der Waals surface area contributed by atoms with Crippen LogP contribution in [0, 0.1) is 0 Å². The molecule has 25 heavy (non-hydrogen) atoms. The van der Waals surface area contributed by atoms with E-state index in [9.17, 15) is 9.59 Å². The van der Waals surface area contributed by atoms with E-state index in [0.717, 1.165) is 16.4 Å². The van der Waals surface area contributed by atoms with Crippen LogP contribution in [0.5, 0.6) is 0 Å². The summed E-state index contributed by atoms with van der Waals surface area (Å²) in [5, 5.41) is 0.911. The summed E-state index contributed by atoms with van der Waals surface area (Å²) in [4.78, 5) is 26.6. The van der Waals surface area contributed by atoms with E-state index in [2.05, 4.69) is 0 Å². The Hall–Kier alpha value is -2.50. The summed E-state index contributed by atoms with van der Waals surface area (Å²) >= 11 is 0. The first-order chi connectivity index (χ1) is 12.0. The smallest absolute Gasteiger partial charge is 0.179 e. The highest BCUT2D eigenvalue weighted by atomic mass is 16.5. The summed E-state index contributed by atoms with van der Waals surface area (Å²) in [6, 6.07) is 11.4. The number of aromatic nitrogens is 1. The Bertz CT molecular complexity index is 943. The molecule has 0 atom stereocenters. The number of ether oxygens (including phenoxy) is 1. The molecular formula is C20H22N2O3. The number of benzene rings is 1. The molecule has 130 valence electrons. The fourth-order valence-corrected chi connectivity index (χ4v) is 3.09. The standard InChI is InChI=1S/C20H22N2O3/c1-14(23)15-8-9-18-20(19(24)13-21(2)10-11-25-3)16-6-4-5-7-17(16)22(18)12-15/h4-9,12H,10-11,13H2,1-3H3. The van der Waals surface area contributed by atoms with E-state index in [0.29, 0.717) is 30.8 Å². The van der Waals surface area contributed by atoms with Crippen molar-refractivity contribution in [3.63, 3.8) is 0 Å². The highest BCUT2D eigenvalue weighted by Crippen LogP contribution is 2.28. The third kappa shape index (κ3) is 3.34. The monoisotopic (exact) mass is 338 g/mol. The average molecular weight is 338 g/mol. The van der Waals surface area contributed by atoms with E-state index in [1.807, 2.05) is 52.9 Å². The van der Waals surface area contributed by atoms with Gasteiger partial charge in [0.15, 0.2) is 11.6 Å². The summed E-state index contributed by atoms with van der Waals surface area (Å²) in [6.07, 6.45) is 1.81. The molecule has 0 N–H and O–H groups in total. The molecule has 5 heteroatoms. The Morgan fingerprint density at radius 3 is 2.60 bits per heavy atom. The van der Waals surface area contributed by atoms with Crippen LogP contribution >= 0.6 is 0 Å². The number of hydrogen-bond donors (Lipinski definition) is 0. The van der Waals surface area contributed by atoms with Crippen LogP contribution in [-0.2, 0) is 4.74 Å². The zero-order chi connectivity index (χ0) is 18.0. The second-order valence-corrected chi connectivity index (χ2v) is 6.28. The molecule has 0 bridgehead atoms. The van der Waals surface area contributed by atoms with Crippen molar-refractivity contribution < 1.29 is 14.3 Å². The van der Waals surface area contributed by atoms with Crippen LogP contribution in [0.25, 0.3) is 16.4 Å². The lowest BCUT2D eigenvalue weighted by Gasteiger charge is -2.14. The first kappa shape index (κ1) is 17.3. The molecule has 0 unspecified atom stereocenters. The van der Waals surface area contributed by atoms with E-state index in [-0.39, 0.29) is 11.6 Å². The van der Waals surface area contributed by atoms with E-state index < -0.39 is 0 Å². The Kier molecular flexibility index (Phi) is 4.97. The largest absolute Gasteiger partial charge is 0.383 e. The van der Waals surface area contributed by atoms with Crippen molar-refractivity contribution in [2.45, 2.75) is 6.92 Å². The molecule has 0 saturated heterocycles. The number of carbonyl (C=O) groups excluding carboxylic acids is 2. The van der Waals surface area contributed by atoms with Crippen molar-refractivity contribution in [1.82, 2.24) is 9.30 Å². The van der Waals surface area contributed by atoms with Gasteiger partial charge in [-0.2, -0.15) is 0 Å². The second-order valence-electron chi connectivity index (χ2n) is 6.28. The highest BCUT2D eigenvalue weighted by Gasteiger charge is 2.19. The third-order valence-corrected chi connectivity index (χ3v) is 4.41. The van der Waals surface area contributed by atoms with Gasteiger partial charge in [0.05, 0.1) is 29.7 Å². The molecule has 0 amide bonds. The molecule has 0 saturated carbocycles. The number of fused-ring (bicyclic) bond motifs is 3. The molecule has 0 fully saturated rings. The minimum absolute atomic E-state index is 0.00635. The Morgan fingerprint density at radius 1 is 1.12 bits per heavy atom. The Balaban J connectivity index is 2.10. The summed E-state index contributed by atoms with van der Waals surface area (Å²) in [5.74, 6) is 0.0692. The normalized spacial score (nSPS) is 11.5. The molecule has 0 aliphatic carbocycles. The van der Waals surface area contributed by atoms with Crippen LogP contribution in [0.15, 0.2) is 42.6 Å². The first-order valence-electron chi connectivity index (χ1n) is 8.27. The maximum Gasteiger partial charge on any atom is 0.179 e. The number of ketones is 2. The van der Waals surface area contributed by atoms with Gasteiger partial charge < -0.3 is 9.14 Å². The van der Waals surface area contributed by atoms with Gasteiger partial charge >= 0.3 is 0 Å². The van der Waals surface area contributed by atoms with Gasteiger partial charge in [-0.15, -0.1) is 0 Å². The number of rotatable bonds is 7. The topological polar surface area (TPSA) is 51.0 Å². The lowest BCUT2D eigenvalue weighted by Crippen LogP contribution is -2.29. The average Bonchev–Trinajstić information content (AvgIpc) is 2.93. The van der Waals surface area contributed by atoms with Gasteiger partial charge in [-0.25, -0.2) is 0 Å². The van der Waals surface area contributed by atoms with Crippen molar-refractivity contribution in [2.24, 2.45) is 0 Å². The lowest BCUT2D eigenvalue weighted by atomic mass is 10.1. The zero-order valence-corrected chi connectivity index (χ0v) is 14.8. The summed E-state index contributed by atoms with van der Waals surface area (Å²) in [7, 11) is 3.56. The number of pyridine rings is 1. The van der Waals surface area contributed by atoms with Gasteiger partial charge in [0.25, 0.3) is 0 Å². The van der Waals surface area contributed by atoms with Gasteiger partial charge in [-0.3, -0.25) is 14.5 Å². The number of para-hydroxylation sites is 1. The third-order valence-electron chi connectivity index (χ3n) is 4.41. The van der Waals surface area contributed by atoms with Crippen LogP contribution in [0.3, 0.4) is 0 Å². The minimum Gasteiger partial charge on any atom is -0.383 e. The van der Waals surface area contributed by atoms with Crippen molar-refractivity contribution in [2.75, 3.05) is 33.9 Å². The van der Waals surface area contributed by atoms with Crippen LogP contribution in [0.4, 0.5) is 0 Å². The van der Waals surface area contributed by atoms with E-state index in [1.165, 1.54) is 0 Å². The van der Waals surface area contributed by atoms with Gasteiger partial charge in [-0.1, -0.05) is 18.2 Å². The molecule has 2 aromatic heterocycles. The number of carbonyl (C=O) groups is 2. The van der Waals surface area contributed by atoms with Gasteiger partial charge in [0.2, 0.25) is 0 Å². The highest BCUT2D eigenvalue weighted by molar-refractivity contribution is 6.15. The summed E-state index contributed by atoms with van der Waals surface area (Å²) < 4.78 is 7.01. The number of nitrogens with zero attached hydrogens (tertiary/aromatic N) is 2. The fraction of sp³-hybridized carbons (Fsp3) is 0.300. The molecule has 0 aliphatic heterocycles. The predicted octanol–water partition coefficient (Wildman–Crippen LogP) is 3.06. The number of hydrogen-bond acceptors (Lipinski definition) is 4. The van der Waals surface area contributed by atoms with Crippen molar-refractivity contribution in [1.29, 1.82) is 0 Å². The molecule has 1 aromatic carbocycles. The van der Waals surface area contributed by atoms with Crippen LogP contribution in [-0.4, -0.2) is 54.7 Å². The van der Waals surface area contributed by atoms with Crippen molar-refractivity contribution >= 4 is 28.0 Å². The number of Topliss-reactive ketones (excluding diaryl/α,β-unsaturated/α-hetero) is 2. The summed E-state index contributed by atoms with van der Waals surface area (Å²) in [6.45, 7) is 3.15. The quantitative estimate of drug-likeness (QED) is 0.621. The predicted molar refractivity (Wildman–Crippen MR) is 98.6 cm³/mol. The molecule has 0 radical (unpaired) electrons. The zero-order valence-electron chi connectivity index (χ0n) is 14.8. The molecule has 0 aliphatic rings. The Morgan fingerprint density at radius 2 is 1.88 bits per heavy atom. The van der Waals surface area contributed by atoms with Gasteiger partial charge in [0, 0.05) is 30.8 Å². The van der Waals surface area contributed by atoms with Crippen LogP contribution < -0.4 is 0 Å². The van der Waals surface area contributed by atoms with E-state index in [1.54, 1.807) is 20.1 Å². The molecule has 0 spiro atoms. The fourth-order valence-electron chi connectivity index (χ4n) is 3.09. The summed E-state index contributed by atoms with van der Waals surface area (Å²) in [5.41, 5.74) is 3.10. The van der Waals surface area contributed by atoms with E-state index >= 15 is 0 Å².